The van der Waals surface area contributed by atoms with Gasteiger partial charge in [-0.2, -0.15) is 8.42 Å². The molecular formula is C18H34O5S. The maximum atomic E-state index is 11.5. The smallest absolute Gasteiger partial charge is 0.327 e. The highest BCUT2D eigenvalue weighted by Crippen LogP contribution is 2.19. The molecule has 0 aliphatic rings. The molecule has 0 aromatic carbocycles. The number of aliphatic carboxylic acids is 1. The standard InChI is InChI=1S/C18H34O5S/c1-2-3-4-5-6-8-11-14-17(24(21,22)23)15-12-9-7-10-13-16-18(19)20/h13,16-17H,2-12,14-15H2,1H3,(H,19,20)(H,21,22,23). The summed E-state index contributed by atoms with van der Waals surface area (Å²) in [4.78, 5) is 10.3. The lowest BCUT2D eigenvalue weighted by Crippen LogP contribution is -2.20. The highest BCUT2D eigenvalue weighted by atomic mass is 32.2. The summed E-state index contributed by atoms with van der Waals surface area (Å²) in [5.74, 6) is -0.948. The van der Waals surface area contributed by atoms with E-state index >= 15 is 0 Å². The van der Waals surface area contributed by atoms with Crippen LogP contribution in [0.2, 0.25) is 0 Å². The van der Waals surface area contributed by atoms with Gasteiger partial charge in [-0.15, -0.1) is 0 Å². The molecule has 0 bridgehead atoms. The maximum Gasteiger partial charge on any atom is 0.327 e. The zero-order chi connectivity index (χ0) is 18.3. The summed E-state index contributed by atoms with van der Waals surface area (Å²) in [6, 6.07) is 0. The summed E-state index contributed by atoms with van der Waals surface area (Å²) in [6.07, 6.45) is 14.8. The van der Waals surface area contributed by atoms with E-state index in [9.17, 15) is 17.8 Å². The molecule has 6 heteroatoms. The molecule has 0 saturated heterocycles. The second-order valence-corrected chi connectivity index (χ2v) is 8.12. The molecule has 0 aliphatic heterocycles. The Kier molecular flexibility index (Phi) is 13.9. The van der Waals surface area contributed by atoms with Crippen molar-refractivity contribution >= 4 is 16.1 Å². The number of carboxylic acids is 1. The fourth-order valence-electron chi connectivity index (χ4n) is 2.77. The Balaban J connectivity index is 3.85. The van der Waals surface area contributed by atoms with Gasteiger partial charge >= 0.3 is 5.97 Å². The monoisotopic (exact) mass is 362 g/mol. The van der Waals surface area contributed by atoms with Crippen molar-refractivity contribution in [3.63, 3.8) is 0 Å². The lowest BCUT2D eigenvalue weighted by molar-refractivity contribution is -0.131. The van der Waals surface area contributed by atoms with Gasteiger partial charge in [0.05, 0.1) is 5.25 Å². The van der Waals surface area contributed by atoms with Crippen molar-refractivity contribution < 1.29 is 22.9 Å². The third kappa shape index (κ3) is 14.7. The van der Waals surface area contributed by atoms with Gasteiger partial charge in [0.15, 0.2) is 0 Å². The maximum absolute atomic E-state index is 11.5. The van der Waals surface area contributed by atoms with Crippen LogP contribution in [0, 0.1) is 0 Å². The Hall–Kier alpha value is -0.880. The van der Waals surface area contributed by atoms with Crippen LogP contribution in [0.1, 0.15) is 90.4 Å². The molecule has 0 aliphatic carbocycles. The van der Waals surface area contributed by atoms with Gasteiger partial charge in [-0.05, 0) is 25.7 Å². The van der Waals surface area contributed by atoms with Gasteiger partial charge in [0.25, 0.3) is 10.1 Å². The predicted octanol–water partition coefficient (Wildman–Crippen LogP) is 4.97. The van der Waals surface area contributed by atoms with Crippen LogP contribution in [0.15, 0.2) is 12.2 Å². The SMILES string of the molecule is CCCCCCCCCC(CCCCCC=CC(=O)O)S(=O)(=O)O. The molecule has 1 unspecified atom stereocenters. The average Bonchev–Trinajstić information content (AvgIpc) is 2.49. The summed E-state index contributed by atoms with van der Waals surface area (Å²) in [5.41, 5.74) is 0. The van der Waals surface area contributed by atoms with Crippen molar-refractivity contribution in [3.05, 3.63) is 12.2 Å². The molecule has 0 spiro atoms. The molecule has 0 aromatic rings. The zero-order valence-corrected chi connectivity index (χ0v) is 15.8. The van der Waals surface area contributed by atoms with Gasteiger partial charge in [0, 0.05) is 6.08 Å². The Morgan fingerprint density at radius 1 is 0.917 bits per heavy atom. The number of rotatable bonds is 16. The van der Waals surface area contributed by atoms with E-state index in [4.69, 9.17) is 5.11 Å². The molecular weight excluding hydrogens is 328 g/mol. The van der Waals surface area contributed by atoms with Crippen LogP contribution in [-0.4, -0.2) is 29.3 Å². The van der Waals surface area contributed by atoms with Gasteiger partial charge in [-0.3, -0.25) is 4.55 Å². The summed E-state index contributed by atoms with van der Waals surface area (Å²) in [6.45, 7) is 2.18. The second-order valence-electron chi connectivity index (χ2n) is 6.43. The zero-order valence-electron chi connectivity index (χ0n) is 15.0. The van der Waals surface area contributed by atoms with Crippen molar-refractivity contribution in [2.75, 3.05) is 0 Å². The molecule has 0 rings (SSSR count). The molecule has 2 N–H and O–H groups in total. The van der Waals surface area contributed by atoms with Crippen molar-refractivity contribution in [2.45, 2.75) is 95.6 Å². The number of hydrogen-bond acceptors (Lipinski definition) is 3. The summed E-state index contributed by atoms with van der Waals surface area (Å²) < 4.78 is 32.3. The Morgan fingerprint density at radius 3 is 1.92 bits per heavy atom. The Bertz CT molecular complexity index is 442. The molecule has 1 atom stereocenters. The molecule has 24 heavy (non-hydrogen) atoms. The van der Waals surface area contributed by atoms with Gasteiger partial charge in [-0.1, -0.05) is 70.8 Å². The minimum Gasteiger partial charge on any atom is -0.478 e. The summed E-state index contributed by atoms with van der Waals surface area (Å²) in [5, 5.41) is 7.81. The number of carbonyl (C=O) groups is 1. The van der Waals surface area contributed by atoms with Crippen LogP contribution in [-0.2, 0) is 14.9 Å². The molecule has 0 amide bonds. The van der Waals surface area contributed by atoms with E-state index in [2.05, 4.69) is 6.92 Å². The molecule has 0 aromatic heterocycles. The van der Waals surface area contributed by atoms with Crippen molar-refractivity contribution in [3.8, 4) is 0 Å². The second kappa shape index (κ2) is 14.5. The first-order valence-corrected chi connectivity index (χ1v) is 10.7. The van der Waals surface area contributed by atoms with Crippen LogP contribution in [0.4, 0.5) is 0 Å². The molecule has 0 saturated carbocycles. The van der Waals surface area contributed by atoms with Crippen LogP contribution < -0.4 is 0 Å². The third-order valence-electron chi connectivity index (χ3n) is 4.21. The Morgan fingerprint density at radius 2 is 1.42 bits per heavy atom. The first-order valence-electron chi connectivity index (χ1n) is 9.23. The summed E-state index contributed by atoms with van der Waals surface area (Å²) >= 11 is 0. The van der Waals surface area contributed by atoms with Crippen LogP contribution in [0.25, 0.3) is 0 Å². The summed E-state index contributed by atoms with van der Waals surface area (Å²) in [7, 11) is -3.97. The van der Waals surface area contributed by atoms with Gasteiger partial charge in [-0.25, -0.2) is 4.79 Å². The predicted molar refractivity (Wildman–Crippen MR) is 97.8 cm³/mol. The fraction of sp³-hybridized carbons (Fsp3) is 0.833. The lowest BCUT2D eigenvalue weighted by atomic mass is 10.0. The van der Waals surface area contributed by atoms with E-state index in [0.717, 1.165) is 44.6 Å². The van der Waals surface area contributed by atoms with E-state index in [1.165, 1.54) is 25.7 Å². The topological polar surface area (TPSA) is 91.7 Å². The highest BCUT2D eigenvalue weighted by Gasteiger charge is 2.21. The van der Waals surface area contributed by atoms with Crippen LogP contribution >= 0.6 is 0 Å². The van der Waals surface area contributed by atoms with Gasteiger partial charge in [0.1, 0.15) is 0 Å². The number of allylic oxidation sites excluding steroid dienone is 1. The van der Waals surface area contributed by atoms with Crippen molar-refractivity contribution in [1.82, 2.24) is 0 Å². The van der Waals surface area contributed by atoms with E-state index in [0.29, 0.717) is 19.3 Å². The Labute approximate surface area is 147 Å². The molecule has 5 nitrogen and oxygen atoms in total. The number of unbranched alkanes of at least 4 members (excludes halogenated alkanes) is 9. The lowest BCUT2D eigenvalue weighted by Gasteiger charge is -2.13. The van der Waals surface area contributed by atoms with Crippen molar-refractivity contribution in [1.29, 1.82) is 0 Å². The number of carboxylic acid groups (broad SMARTS) is 1. The largest absolute Gasteiger partial charge is 0.478 e. The molecule has 142 valence electrons. The van der Waals surface area contributed by atoms with Crippen LogP contribution in [0.5, 0.6) is 0 Å². The molecule has 0 fully saturated rings. The molecule has 0 radical (unpaired) electrons. The first-order chi connectivity index (χ1) is 11.4. The van der Waals surface area contributed by atoms with Crippen LogP contribution in [0.3, 0.4) is 0 Å². The number of hydrogen-bond donors (Lipinski definition) is 2. The average molecular weight is 363 g/mol. The van der Waals surface area contributed by atoms with Gasteiger partial charge in [0.2, 0.25) is 0 Å². The van der Waals surface area contributed by atoms with E-state index in [-0.39, 0.29) is 0 Å². The fourth-order valence-corrected chi connectivity index (χ4v) is 3.70. The van der Waals surface area contributed by atoms with E-state index in [1.54, 1.807) is 6.08 Å². The highest BCUT2D eigenvalue weighted by molar-refractivity contribution is 7.86. The van der Waals surface area contributed by atoms with E-state index in [1.807, 2.05) is 0 Å². The third-order valence-corrected chi connectivity index (χ3v) is 5.52. The quantitative estimate of drug-likeness (QED) is 0.230. The van der Waals surface area contributed by atoms with Gasteiger partial charge < -0.3 is 5.11 Å². The normalized spacial score (nSPS) is 13.4. The first kappa shape index (κ1) is 23.1. The van der Waals surface area contributed by atoms with Crippen molar-refractivity contribution in [2.24, 2.45) is 0 Å². The van der Waals surface area contributed by atoms with E-state index < -0.39 is 21.3 Å². The minimum absolute atomic E-state index is 0.483. The minimum atomic E-state index is -3.97. The molecule has 0 heterocycles.